The van der Waals surface area contributed by atoms with Gasteiger partial charge in [-0.15, -0.1) is 0 Å². The highest BCUT2D eigenvalue weighted by atomic mass is 16.2. The number of likely N-dealkylation sites (tertiary alicyclic amines) is 1. The summed E-state index contributed by atoms with van der Waals surface area (Å²) in [6.07, 6.45) is 0.876. The smallest absolute Gasteiger partial charge is 0.267 e. The molecule has 2 rings (SSSR count). The highest BCUT2D eigenvalue weighted by Gasteiger charge is 2.27. The third-order valence-electron chi connectivity index (χ3n) is 3.35. The average molecular weight is 276 g/mol. The number of nitrogens with two attached hydrogens (primary N) is 1. The van der Waals surface area contributed by atoms with Crippen LogP contribution in [-0.2, 0) is 4.79 Å². The van der Waals surface area contributed by atoms with Crippen LogP contribution in [0.2, 0.25) is 0 Å². The van der Waals surface area contributed by atoms with Crippen LogP contribution >= 0.6 is 0 Å². The van der Waals surface area contributed by atoms with E-state index in [2.05, 4.69) is 10.3 Å². The van der Waals surface area contributed by atoms with Gasteiger partial charge in [-0.1, -0.05) is 19.9 Å². The summed E-state index contributed by atoms with van der Waals surface area (Å²) in [7, 11) is 0. The zero-order valence-electron chi connectivity index (χ0n) is 11.8. The maximum atomic E-state index is 11.9. The Bertz CT molecular complexity index is 516. The second kappa shape index (κ2) is 5.90. The first-order chi connectivity index (χ1) is 9.47. The molecule has 3 N–H and O–H groups in total. The van der Waals surface area contributed by atoms with Gasteiger partial charge in [0.25, 0.3) is 5.91 Å². The minimum absolute atomic E-state index is 0.0186. The van der Waals surface area contributed by atoms with Crippen LogP contribution in [0.4, 0.5) is 5.82 Å². The fraction of sp³-hybridized carbons (Fsp3) is 0.500. The van der Waals surface area contributed by atoms with Gasteiger partial charge in [0.1, 0.15) is 11.5 Å². The topological polar surface area (TPSA) is 88.3 Å². The molecule has 0 aromatic carbocycles. The Labute approximate surface area is 118 Å². The number of pyridine rings is 1. The molecule has 0 saturated carbocycles. The summed E-state index contributed by atoms with van der Waals surface area (Å²) in [4.78, 5) is 29.0. The molecule has 1 aliphatic heterocycles. The lowest BCUT2D eigenvalue weighted by Crippen LogP contribution is -2.34. The highest BCUT2D eigenvalue weighted by Crippen LogP contribution is 2.16. The van der Waals surface area contributed by atoms with Crippen LogP contribution < -0.4 is 11.1 Å². The molecule has 108 valence electrons. The van der Waals surface area contributed by atoms with E-state index in [0.29, 0.717) is 12.4 Å². The molecule has 0 spiro atoms. The monoisotopic (exact) mass is 276 g/mol. The summed E-state index contributed by atoms with van der Waals surface area (Å²) in [6.45, 7) is 5.23. The van der Waals surface area contributed by atoms with Gasteiger partial charge in [-0.25, -0.2) is 4.98 Å². The lowest BCUT2D eigenvalue weighted by atomic mass is 10.2. The van der Waals surface area contributed by atoms with Crippen molar-refractivity contribution in [2.24, 2.45) is 11.7 Å². The number of aromatic nitrogens is 1. The van der Waals surface area contributed by atoms with E-state index in [0.717, 1.165) is 13.0 Å². The molecule has 1 aromatic heterocycles. The van der Waals surface area contributed by atoms with Gasteiger partial charge < -0.3 is 16.0 Å². The number of anilines is 1. The van der Waals surface area contributed by atoms with Crippen LogP contribution in [0.5, 0.6) is 0 Å². The third-order valence-corrected chi connectivity index (χ3v) is 3.35. The first kappa shape index (κ1) is 14.3. The second-order valence-corrected chi connectivity index (χ2v) is 5.34. The van der Waals surface area contributed by atoms with Crippen molar-refractivity contribution in [3.8, 4) is 0 Å². The van der Waals surface area contributed by atoms with Gasteiger partial charge in [0, 0.05) is 25.0 Å². The zero-order valence-corrected chi connectivity index (χ0v) is 11.8. The number of hydrogen-bond donors (Lipinski definition) is 2. The van der Waals surface area contributed by atoms with E-state index in [-0.39, 0.29) is 23.6 Å². The largest absolute Gasteiger partial charge is 0.365 e. The molecule has 1 aliphatic rings. The number of carbonyl (C=O) groups excluding carboxylic acids is 2. The van der Waals surface area contributed by atoms with Crippen molar-refractivity contribution in [1.29, 1.82) is 0 Å². The first-order valence-corrected chi connectivity index (χ1v) is 6.79. The number of nitrogens with one attached hydrogen (secondary N) is 1. The van der Waals surface area contributed by atoms with Crippen LogP contribution in [0.15, 0.2) is 18.2 Å². The van der Waals surface area contributed by atoms with E-state index < -0.39 is 5.91 Å². The fourth-order valence-electron chi connectivity index (χ4n) is 2.30. The Hall–Kier alpha value is -2.11. The summed E-state index contributed by atoms with van der Waals surface area (Å²) >= 11 is 0. The van der Waals surface area contributed by atoms with Gasteiger partial charge >= 0.3 is 0 Å². The minimum atomic E-state index is -0.545. The van der Waals surface area contributed by atoms with Crippen molar-refractivity contribution in [1.82, 2.24) is 9.88 Å². The highest BCUT2D eigenvalue weighted by molar-refractivity contribution is 5.91. The normalized spacial score (nSPS) is 18.4. The van der Waals surface area contributed by atoms with Gasteiger partial charge in [-0.05, 0) is 18.6 Å². The van der Waals surface area contributed by atoms with E-state index in [9.17, 15) is 9.59 Å². The lowest BCUT2D eigenvalue weighted by molar-refractivity contribution is -0.133. The van der Waals surface area contributed by atoms with E-state index in [1.165, 1.54) is 0 Å². The average Bonchev–Trinajstić information content (AvgIpc) is 2.86. The fourth-order valence-corrected chi connectivity index (χ4v) is 2.30. The second-order valence-electron chi connectivity index (χ2n) is 5.34. The summed E-state index contributed by atoms with van der Waals surface area (Å²) in [5.74, 6) is 0.264. The SMILES string of the molecule is CC(C)C(=O)N1CC[C@H](Nc2cccc(C(N)=O)n2)C1. The molecule has 0 bridgehead atoms. The molecule has 6 nitrogen and oxygen atoms in total. The van der Waals surface area contributed by atoms with E-state index >= 15 is 0 Å². The predicted molar refractivity (Wildman–Crippen MR) is 76.2 cm³/mol. The van der Waals surface area contributed by atoms with Crippen LogP contribution in [0.25, 0.3) is 0 Å². The van der Waals surface area contributed by atoms with Gasteiger partial charge in [-0.3, -0.25) is 9.59 Å². The Morgan fingerprint density at radius 1 is 1.45 bits per heavy atom. The van der Waals surface area contributed by atoms with Crippen molar-refractivity contribution in [3.63, 3.8) is 0 Å². The van der Waals surface area contributed by atoms with Crippen LogP contribution in [0, 0.1) is 5.92 Å². The summed E-state index contributed by atoms with van der Waals surface area (Å²) in [5, 5.41) is 3.25. The van der Waals surface area contributed by atoms with E-state index in [1.54, 1.807) is 18.2 Å². The van der Waals surface area contributed by atoms with E-state index in [1.807, 2.05) is 18.7 Å². The molecule has 1 fully saturated rings. The molecule has 0 radical (unpaired) electrons. The predicted octanol–water partition coefficient (Wildman–Crippen LogP) is 0.849. The lowest BCUT2D eigenvalue weighted by Gasteiger charge is -2.19. The molecule has 1 aromatic rings. The van der Waals surface area contributed by atoms with Gasteiger partial charge in [0.2, 0.25) is 5.91 Å². The number of rotatable bonds is 4. The summed E-state index contributed by atoms with van der Waals surface area (Å²) in [6, 6.07) is 5.27. The number of hydrogen-bond acceptors (Lipinski definition) is 4. The molecule has 6 heteroatoms. The molecule has 2 heterocycles. The van der Waals surface area contributed by atoms with Crippen LogP contribution in [0.3, 0.4) is 0 Å². The Kier molecular flexibility index (Phi) is 4.22. The molecule has 2 amide bonds. The maximum Gasteiger partial charge on any atom is 0.267 e. The Balaban J connectivity index is 1.97. The Morgan fingerprint density at radius 2 is 2.20 bits per heavy atom. The van der Waals surface area contributed by atoms with Crippen molar-refractivity contribution in [2.75, 3.05) is 18.4 Å². The number of nitrogens with zero attached hydrogens (tertiary/aromatic N) is 2. The molecule has 1 atom stereocenters. The molecular formula is C14H20N4O2. The Morgan fingerprint density at radius 3 is 2.85 bits per heavy atom. The number of carbonyl (C=O) groups is 2. The number of amides is 2. The first-order valence-electron chi connectivity index (χ1n) is 6.79. The molecule has 0 unspecified atom stereocenters. The standard InChI is InChI=1S/C14H20N4O2/c1-9(2)14(20)18-7-6-10(8-18)16-12-5-3-4-11(17-12)13(15)19/h3-5,9-10H,6-8H2,1-2H3,(H2,15,19)(H,16,17)/t10-/m0/s1. The maximum absolute atomic E-state index is 11.9. The van der Waals surface area contributed by atoms with Gasteiger partial charge in [0.15, 0.2) is 0 Å². The summed E-state index contributed by atoms with van der Waals surface area (Å²) in [5.41, 5.74) is 5.44. The van der Waals surface area contributed by atoms with Crippen LogP contribution in [0.1, 0.15) is 30.8 Å². The molecule has 0 aliphatic carbocycles. The van der Waals surface area contributed by atoms with Crippen molar-refractivity contribution in [3.05, 3.63) is 23.9 Å². The van der Waals surface area contributed by atoms with Crippen molar-refractivity contribution < 1.29 is 9.59 Å². The van der Waals surface area contributed by atoms with Crippen molar-refractivity contribution >= 4 is 17.6 Å². The molecule has 1 saturated heterocycles. The molecular weight excluding hydrogens is 256 g/mol. The third kappa shape index (κ3) is 3.26. The van der Waals surface area contributed by atoms with Crippen LogP contribution in [-0.4, -0.2) is 40.8 Å². The van der Waals surface area contributed by atoms with Gasteiger partial charge in [-0.2, -0.15) is 0 Å². The number of primary amides is 1. The van der Waals surface area contributed by atoms with Gasteiger partial charge in [0.05, 0.1) is 0 Å². The summed E-state index contributed by atoms with van der Waals surface area (Å²) < 4.78 is 0. The quantitative estimate of drug-likeness (QED) is 0.853. The van der Waals surface area contributed by atoms with Crippen molar-refractivity contribution in [2.45, 2.75) is 26.3 Å². The van der Waals surface area contributed by atoms with E-state index in [4.69, 9.17) is 5.73 Å². The zero-order chi connectivity index (χ0) is 14.7. The molecule has 20 heavy (non-hydrogen) atoms. The minimum Gasteiger partial charge on any atom is -0.365 e.